The lowest BCUT2D eigenvalue weighted by atomic mass is 10.1. The van der Waals surface area contributed by atoms with Crippen molar-refractivity contribution in [2.75, 3.05) is 18.8 Å². The highest BCUT2D eigenvalue weighted by Gasteiger charge is 2.20. The van der Waals surface area contributed by atoms with E-state index in [1.807, 2.05) is 74.6 Å². The normalized spacial score (nSPS) is 11.4. The van der Waals surface area contributed by atoms with Gasteiger partial charge < -0.3 is 4.90 Å². The van der Waals surface area contributed by atoms with Gasteiger partial charge in [0, 0.05) is 13.1 Å². The molecule has 31 heavy (non-hydrogen) atoms. The fourth-order valence-electron chi connectivity index (χ4n) is 3.84. The summed E-state index contributed by atoms with van der Waals surface area (Å²) in [5.74, 6) is 0.756. The lowest BCUT2D eigenvalue weighted by Crippen LogP contribution is -2.31. The summed E-state index contributed by atoms with van der Waals surface area (Å²) in [5, 5.41) is 9.87. The number of hydrogen-bond acceptors (Lipinski definition) is 5. The largest absolute Gasteiger partial charge is 0.343 e. The van der Waals surface area contributed by atoms with Gasteiger partial charge in [0.1, 0.15) is 0 Å². The van der Waals surface area contributed by atoms with Crippen molar-refractivity contribution in [1.29, 1.82) is 0 Å². The van der Waals surface area contributed by atoms with Crippen LogP contribution in [0.2, 0.25) is 0 Å². The van der Waals surface area contributed by atoms with Crippen molar-refractivity contribution in [2.24, 2.45) is 0 Å². The number of nitrogens with zero attached hydrogens (tertiary/aromatic N) is 5. The second kappa shape index (κ2) is 8.55. The zero-order valence-electron chi connectivity index (χ0n) is 18.1. The Labute approximate surface area is 184 Å². The summed E-state index contributed by atoms with van der Waals surface area (Å²) in [6.07, 6.45) is 0. The Morgan fingerprint density at radius 1 is 1.06 bits per heavy atom. The highest BCUT2D eigenvalue weighted by Crippen LogP contribution is 2.24. The van der Waals surface area contributed by atoms with Gasteiger partial charge in [-0.3, -0.25) is 14.0 Å². The van der Waals surface area contributed by atoms with Crippen molar-refractivity contribution < 1.29 is 4.79 Å². The number of para-hydroxylation sites is 1. The Kier molecular flexibility index (Phi) is 5.82. The number of aryl methyl sites for hydroxylation is 2. The van der Waals surface area contributed by atoms with Crippen LogP contribution in [-0.2, 0) is 4.79 Å². The van der Waals surface area contributed by atoms with Crippen LogP contribution in [0.5, 0.6) is 0 Å². The molecular weight excluding hydrogens is 410 g/mol. The minimum atomic E-state index is -0.141. The first-order valence-electron chi connectivity index (χ1n) is 10.3. The minimum Gasteiger partial charge on any atom is -0.343 e. The van der Waals surface area contributed by atoms with Crippen LogP contribution < -0.4 is 5.56 Å². The summed E-state index contributed by atoms with van der Waals surface area (Å²) in [4.78, 5) is 27.7. The highest BCUT2D eigenvalue weighted by molar-refractivity contribution is 7.99. The molecule has 0 saturated heterocycles. The van der Waals surface area contributed by atoms with E-state index in [2.05, 4.69) is 10.2 Å². The van der Waals surface area contributed by atoms with Gasteiger partial charge in [0.15, 0.2) is 5.16 Å². The smallest absolute Gasteiger partial charge is 0.267 e. The van der Waals surface area contributed by atoms with Crippen LogP contribution in [0.3, 0.4) is 0 Å². The zero-order valence-corrected chi connectivity index (χ0v) is 18.9. The van der Waals surface area contributed by atoms with Crippen LogP contribution in [0.15, 0.2) is 52.4 Å². The van der Waals surface area contributed by atoms with E-state index in [0.29, 0.717) is 29.4 Å². The molecule has 4 aromatic rings. The van der Waals surface area contributed by atoms with Gasteiger partial charge in [-0.2, -0.15) is 0 Å². The molecule has 0 saturated carbocycles. The molecular formula is C23H25N5O2S. The van der Waals surface area contributed by atoms with Crippen LogP contribution in [0.4, 0.5) is 0 Å². The summed E-state index contributed by atoms with van der Waals surface area (Å²) >= 11 is 1.34. The van der Waals surface area contributed by atoms with Crippen molar-refractivity contribution in [3.05, 3.63) is 63.9 Å². The van der Waals surface area contributed by atoms with E-state index in [1.54, 1.807) is 9.47 Å². The molecule has 7 nitrogen and oxygen atoms in total. The van der Waals surface area contributed by atoms with Gasteiger partial charge in [-0.15, -0.1) is 10.2 Å². The fourth-order valence-corrected chi connectivity index (χ4v) is 4.68. The second-order valence-electron chi connectivity index (χ2n) is 7.42. The number of fused-ring (bicyclic) bond motifs is 3. The van der Waals surface area contributed by atoms with Crippen LogP contribution in [0.1, 0.15) is 25.0 Å². The summed E-state index contributed by atoms with van der Waals surface area (Å²) in [7, 11) is 0. The van der Waals surface area contributed by atoms with Crippen LogP contribution in [0, 0.1) is 13.8 Å². The SMILES string of the molecule is CCN(CC)C(=O)CSc1nnc2n(-c3ccc(C)cc3C)c(=O)c3ccccc3n12. The molecule has 1 amide bonds. The minimum absolute atomic E-state index is 0.0544. The molecule has 2 aromatic carbocycles. The van der Waals surface area contributed by atoms with Gasteiger partial charge in [0.25, 0.3) is 5.56 Å². The van der Waals surface area contributed by atoms with Crippen LogP contribution >= 0.6 is 11.8 Å². The number of benzene rings is 2. The number of hydrogen-bond donors (Lipinski definition) is 0. The Morgan fingerprint density at radius 2 is 1.81 bits per heavy atom. The molecule has 0 aliphatic rings. The summed E-state index contributed by atoms with van der Waals surface area (Å²) in [6, 6.07) is 13.4. The van der Waals surface area contributed by atoms with Gasteiger partial charge in [-0.05, 0) is 51.5 Å². The average molecular weight is 436 g/mol. The van der Waals surface area contributed by atoms with Gasteiger partial charge in [0.2, 0.25) is 11.7 Å². The second-order valence-corrected chi connectivity index (χ2v) is 8.36. The molecule has 0 fully saturated rings. The Morgan fingerprint density at radius 3 is 2.52 bits per heavy atom. The Balaban J connectivity index is 1.91. The van der Waals surface area contributed by atoms with E-state index >= 15 is 0 Å². The maximum absolute atomic E-state index is 13.4. The quantitative estimate of drug-likeness (QED) is 0.433. The van der Waals surface area contributed by atoms with E-state index in [1.165, 1.54) is 11.8 Å². The number of carbonyl (C=O) groups excluding carboxylic acids is 1. The van der Waals surface area contributed by atoms with Gasteiger partial charge >= 0.3 is 0 Å². The van der Waals surface area contributed by atoms with E-state index in [4.69, 9.17) is 0 Å². The predicted molar refractivity (Wildman–Crippen MR) is 124 cm³/mol. The first-order valence-corrected chi connectivity index (χ1v) is 11.3. The molecule has 4 rings (SSSR count). The van der Waals surface area contributed by atoms with E-state index in [9.17, 15) is 9.59 Å². The molecule has 2 aromatic heterocycles. The van der Waals surface area contributed by atoms with Gasteiger partial charge in [-0.25, -0.2) is 4.57 Å². The third-order valence-corrected chi connectivity index (χ3v) is 6.34. The van der Waals surface area contributed by atoms with Crippen LogP contribution in [0.25, 0.3) is 22.4 Å². The van der Waals surface area contributed by atoms with Crippen molar-refractivity contribution in [1.82, 2.24) is 24.1 Å². The molecule has 0 radical (unpaired) electrons. The van der Waals surface area contributed by atoms with Gasteiger partial charge in [-0.1, -0.05) is 41.6 Å². The molecule has 8 heteroatoms. The molecule has 0 N–H and O–H groups in total. The highest BCUT2D eigenvalue weighted by atomic mass is 32.2. The van der Waals surface area contributed by atoms with E-state index in [0.717, 1.165) is 22.3 Å². The Hall–Kier alpha value is -3.13. The number of amides is 1. The van der Waals surface area contributed by atoms with Crippen molar-refractivity contribution in [2.45, 2.75) is 32.9 Å². The zero-order chi connectivity index (χ0) is 22.1. The monoisotopic (exact) mass is 435 g/mol. The molecule has 0 bridgehead atoms. The molecule has 160 valence electrons. The fraction of sp³-hybridized carbons (Fsp3) is 0.304. The first-order chi connectivity index (χ1) is 15.0. The number of carbonyl (C=O) groups is 1. The maximum Gasteiger partial charge on any atom is 0.267 e. The topological polar surface area (TPSA) is 72.5 Å². The molecule has 0 spiro atoms. The molecule has 0 unspecified atom stereocenters. The third-order valence-electron chi connectivity index (χ3n) is 5.43. The maximum atomic E-state index is 13.4. The van der Waals surface area contributed by atoms with Gasteiger partial charge in [0.05, 0.1) is 22.3 Å². The number of thioether (sulfide) groups is 1. The standard InChI is InChI=1S/C23H25N5O2S/c1-5-26(6-2)20(29)14-31-23-25-24-22-27(18-12-11-15(3)13-16(18)4)21(30)17-9-7-8-10-19(17)28(22)23/h7-13H,5-6,14H2,1-4H3. The number of aromatic nitrogens is 4. The lowest BCUT2D eigenvalue weighted by Gasteiger charge is -2.18. The molecule has 2 heterocycles. The van der Waals surface area contributed by atoms with Crippen LogP contribution in [-0.4, -0.2) is 48.8 Å². The summed E-state index contributed by atoms with van der Waals surface area (Å²) in [5.41, 5.74) is 3.46. The average Bonchev–Trinajstić information content (AvgIpc) is 3.18. The Bertz CT molecular complexity index is 1340. The predicted octanol–water partition coefficient (Wildman–Crippen LogP) is 3.61. The summed E-state index contributed by atoms with van der Waals surface area (Å²) in [6.45, 7) is 9.28. The third kappa shape index (κ3) is 3.72. The first kappa shape index (κ1) is 21.1. The molecule has 0 aliphatic heterocycles. The summed E-state index contributed by atoms with van der Waals surface area (Å²) < 4.78 is 3.48. The van der Waals surface area contributed by atoms with Crippen molar-refractivity contribution in [3.63, 3.8) is 0 Å². The lowest BCUT2D eigenvalue weighted by molar-refractivity contribution is -0.127. The number of rotatable bonds is 6. The van der Waals surface area contributed by atoms with E-state index < -0.39 is 0 Å². The van der Waals surface area contributed by atoms with Crippen molar-refractivity contribution >= 4 is 34.3 Å². The van der Waals surface area contributed by atoms with Crippen molar-refractivity contribution in [3.8, 4) is 5.69 Å². The van der Waals surface area contributed by atoms with E-state index in [-0.39, 0.29) is 17.2 Å². The molecule has 0 atom stereocenters. The molecule has 0 aliphatic carbocycles.